The van der Waals surface area contributed by atoms with Crippen LogP contribution in [0, 0.1) is 13.8 Å². The summed E-state index contributed by atoms with van der Waals surface area (Å²) in [5.74, 6) is 0.569. The molecule has 0 unspecified atom stereocenters. The summed E-state index contributed by atoms with van der Waals surface area (Å²) in [4.78, 5) is 33.6. The van der Waals surface area contributed by atoms with E-state index in [2.05, 4.69) is 20.1 Å². The molecule has 1 aromatic carbocycles. The van der Waals surface area contributed by atoms with Crippen LogP contribution >= 0.6 is 0 Å². The number of aromatic amines is 1. The standard InChI is InChI=1S/C18H19N5O4/c1-9(2)15-13(24)7-19-17(22-15)27-16-10(3)5-12(6-11(16)4)23-18(26)21-14(25)8-20-23/h5-9,24H,1-4H3,(H,21,25,26). The third kappa shape index (κ3) is 3.71. The Bertz CT molecular complexity index is 1090. The van der Waals surface area contributed by atoms with Gasteiger partial charge in [0.2, 0.25) is 0 Å². The summed E-state index contributed by atoms with van der Waals surface area (Å²) in [6, 6.07) is 3.53. The maximum atomic E-state index is 11.9. The molecule has 0 bridgehead atoms. The highest BCUT2D eigenvalue weighted by Gasteiger charge is 2.15. The maximum absolute atomic E-state index is 11.9. The number of aromatic hydroxyl groups is 1. The van der Waals surface area contributed by atoms with Gasteiger partial charge >= 0.3 is 11.7 Å². The van der Waals surface area contributed by atoms with Crippen molar-refractivity contribution < 1.29 is 9.84 Å². The first-order valence-electron chi connectivity index (χ1n) is 8.30. The van der Waals surface area contributed by atoms with Gasteiger partial charge < -0.3 is 9.84 Å². The number of benzene rings is 1. The molecule has 0 saturated carbocycles. The molecule has 0 fully saturated rings. The van der Waals surface area contributed by atoms with E-state index < -0.39 is 11.2 Å². The monoisotopic (exact) mass is 369 g/mol. The number of hydrogen-bond acceptors (Lipinski definition) is 7. The number of H-pyrrole nitrogens is 1. The van der Waals surface area contributed by atoms with Crippen LogP contribution in [-0.2, 0) is 0 Å². The minimum atomic E-state index is -0.626. The third-order valence-electron chi connectivity index (χ3n) is 3.92. The fraction of sp³-hybridized carbons (Fsp3) is 0.278. The molecule has 2 aromatic heterocycles. The molecule has 0 aliphatic heterocycles. The van der Waals surface area contributed by atoms with E-state index in [9.17, 15) is 14.7 Å². The maximum Gasteiger partial charge on any atom is 0.349 e. The van der Waals surface area contributed by atoms with Gasteiger partial charge in [0.1, 0.15) is 11.9 Å². The minimum Gasteiger partial charge on any atom is -0.504 e. The fourth-order valence-corrected chi connectivity index (χ4v) is 2.68. The number of nitrogens with zero attached hydrogens (tertiary/aromatic N) is 4. The second-order valence-corrected chi connectivity index (χ2v) is 6.44. The molecule has 0 aliphatic carbocycles. The molecular formula is C18H19N5O4. The first kappa shape index (κ1) is 18.3. The lowest BCUT2D eigenvalue weighted by Crippen LogP contribution is -2.30. The second-order valence-electron chi connectivity index (χ2n) is 6.44. The Labute approximate surface area is 154 Å². The van der Waals surface area contributed by atoms with Crippen molar-refractivity contribution in [3.63, 3.8) is 0 Å². The number of aryl methyl sites for hydroxylation is 2. The van der Waals surface area contributed by atoms with E-state index in [0.29, 0.717) is 17.1 Å². The highest BCUT2D eigenvalue weighted by molar-refractivity contribution is 5.49. The van der Waals surface area contributed by atoms with E-state index in [1.54, 1.807) is 12.1 Å². The Morgan fingerprint density at radius 3 is 2.41 bits per heavy atom. The van der Waals surface area contributed by atoms with Crippen LogP contribution in [-0.4, -0.2) is 29.8 Å². The molecule has 2 N–H and O–H groups in total. The van der Waals surface area contributed by atoms with Crippen molar-refractivity contribution in [1.29, 1.82) is 0 Å². The van der Waals surface area contributed by atoms with Gasteiger partial charge in [-0.25, -0.2) is 4.79 Å². The Morgan fingerprint density at radius 2 is 1.81 bits per heavy atom. The molecular weight excluding hydrogens is 350 g/mol. The lowest BCUT2D eigenvalue weighted by atomic mass is 10.1. The number of ether oxygens (including phenoxy) is 1. The molecule has 0 saturated heterocycles. The summed E-state index contributed by atoms with van der Waals surface area (Å²) < 4.78 is 6.92. The quantitative estimate of drug-likeness (QED) is 0.720. The van der Waals surface area contributed by atoms with Crippen LogP contribution in [0.4, 0.5) is 0 Å². The Hall–Kier alpha value is -3.49. The molecule has 140 valence electrons. The molecule has 3 rings (SSSR count). The zero-order valence-electron chi connectivity index (χ0n) is 15.3. The van der Waals surface area contributed by atoms with Gasteiger partial charge in [0.05, 0.1) is 17.6 Å². The smallest absolute Gasteiger partial charge is 0.349 e. The summed E-state index contributed by atoms with van der Waals surface area (Å²) in [6.07, 6.45) is 2.34. The fourth-order valence-electron chi connectivity index (χ4n) is 2.68. The molecule has 3 aromatic rings. The zero-order valence-corrected chi connectivity index (χ0v) is 15.3. The third-order valence-corrected chi connectivity index (χ3v) is 3.92. The normalized spacial score (nSPS) is 11.0. The Balaban J connectivity index is 2.00. The molecule has 0 radical (unpaired) electrons. The SMILES string of the molecule is Cc1cc(-n2ncc(=O)[nH]c2=O)cc(C)c1Oc1ncc(O)c(C(C)C)n1. The number of hydrogen-bond donors (Lipinski definition) is 2. The van der Waals surface area contributed by atoms with Crippen LogP contribution in [0.15, 0.2) is 34.1 Å². The van der Waals surface area contributed by atoms with Gasteiger partial charge in [0, 0.05) is 0 Å². The van der Waals surface area contributed by atoms with E-state index in [0.717, 1.165) is 22.0 Å². The van der Waals surface area contributed by atoms with Crippen LogP contribution in [0.1, 0.15) is 36.6 Å². The highest BCUT2D eigenvalue weighted by Crippen LogP contribution is 2.31. The highest BCUT2D eigenvalue weighted by atomic mass is 16.5. The predicted molar refractivity (Wildman–Crippen MR) is 97.8 cm³/mol. The Morgan fingerprint density at radius 1 is 1.15 bits per heavy atom. The van der Waals surface area contributed by atoms with Crippen molar-refractivity contribution >= 4 is 0 Å². The minimum absolute atomic E-state index is 0.0121. The van der Waals surface area contributed by atoms with Crippen LogP contribution in [0.25, 0.3) is 5.69 Å². The van der Waals surface area contributed by atoms with Gasteiger partial charge in [0.15, 0.2) is 5.75 Å². The van der Waals surface area contributed by atoms with Gasteiger partial charge in [-0.2, -0.15) is 19.7 Å². The van der Waals surface area contributed by atoms with Gasteiger partial charge in [-0.1, -0.05) is 13.8 Å². The van der Waals surface area contributed by atoms with Crippen molar-refractivity contribution in [2.24, 2.45) is 0 Å². The van der Waals surface area contributed by atoms with Crippen molar-refractivity contribution in [2.45, 2.75) is 33.6 Å². The first-order valence-corrected chi connectivity index (χ1v) is 8.30. The van der Waals surface area contributed by atoms with Crippen LogP contribution in [0.2, 0.25) is 0 Å². The van der Waals surface area contributed by atoms with E-state index in [-0.39, 0.29) is 17.7 Å². The summed E-state index contributed by atoms with van der Waals surface area (Å²) in [5.41, 5.74) is 1.26. The lowest BCUT2D eigenvalue weighted by molar-refractivity contribution is 0.413. The van der Waals surface area contributed by atoms with Gasteiger partial charge in [-0.05, 0) is 43.0 Å². The first-order chi connectivity index (χ1) is 12.8. The van der Waals surface area contributed by atoms with E-state index >= 15 is 0 Å². The van der Waals surface area contributed by atoms with E-state index in [1.165, 1.54) is 6.20 Å². The molecule has 9 heteroatoms. The Kier molecular flexibility index (Phi) is 4.76. The molecule has 2 heterocycles. The van der Waals surface area contributed by atoms with Crippen LogP contribution in [0.3, 0.4) is 0 Å². The van der Waals surface area contributed by atoms with Crippen LogP contribution < -0.4 is 16.0 Å². The van der Waals surface area contributed by atoms with E-state index in [4.69, 9.17) is 4.74 Å². The second kappa shape index (κ2) is 7.02. The van der Waals surface area contributed by atoms with Gasteiger partial charge in [0.25, 0.3) is 5.56 Å². The summed E-state index contributed by atoms with van der Waals surface area (Å²) in [5, 5.41) is 13.7. The van der Waals surface area contributed by atoms with Crippen LogP contribution in [0.5, 0.6) is 17.5 Å². The average Bonchev–Trinajstić information content (AvgIpc) is 2.59. The van der Waals surface area contributed by atoms with E-state index in [1.807, 2.05) is 27.7 Å². The summed E-state index contributed by atoms with van der Waals surface area (Å²) in [7, 11) is 0. The molecule has 0 spiro atoms. The van der Waals surface area contributed by atoms with Crippen molar-refractivity contribution in [3.05, 3.63) is 62.2 Å². The van der Waals surface area contributed by atoms with Crippen molar-refractivity contribution in [2.75, 3.05) is 0 Å². The molecule has 27 heavy (non-hydrogen) atoms. The lowest BCUT2D eigenvalue weighted by Gasteiger charge is -2.14. The summed E-state index contributed by atoms with van der Waals surface area (Å²) >= 11 is 0. The average molecular weight is 369 g/mol. The predicted octanol–water partition coefficient (Wildman–Crippen LogP) is 1.95. The topological polar surface area (TPSA) is 123 Å². The van der Waals surface area contributed by atoms with Gasteiger partial charge in [-0.15, -0.1) is 0 Å². The number of rotatable bonds is 4. The van der Waals surface area contributed by atoms with Crippen molar-refractivity contribution in [3.8, 4) is 23.2 Å². The molecule has 0 amide bonds. The number of aromatic nitrogens is 5. The summed E-state index contributed by atoms with van der Waals surface area (Å²) in [6.45, 7) is 7.44. The van der Waals surface area contributed by atoms with Gasteiger partial charge in [-0.3, -0.25) is 9.78 Å². The van der Waals surface area contributed by atoms with Crippen molar-refractivity contribution in [1.82, 2.24) is 24.7 Å². The largest absolute Gasteiger partial charge is 0.504 e. The zero-order chi connectivity index (χ0) is 19.7. The molecule has 0 atom stereocenters. The molecule has 9 nitrogen and oxygen atoms in total. The number of nitrogens with one attached hydrogen (secondary N) is 1. The molecule has 0 aliphatic rings.